The minimum Gasteiger partial charge on any atom is -0.400 e. The number of hydrogen-bond donors (Lipinski definition) is 1. The van der Waals surface area contributed by atoms with E-state index in [0.717, 1.165) is 11.0 Å². The van der Waals surface area contributed by atoms with Gasteiger partial charge >= 0.3 is 7.12 Å². The van der Waals surface area contributed by atoms with Crippen LogP contribution < -0.4 is 0 Å². The molecule has 0 saturated carbocycles. The molecule has 0 unspecified atom stereocenters. The fourth-order valence-corrected chi connectivity index (χ4v) is 2.81. The minimum absolute atomic E-state index is 0.0366. The molecule has 1 aromatic heterocycles. The molecule has 24 heavy (non-hydrogen) atoms. The van der Waals surface area contributed by atoms with Gasteiger partial charge in [-0.2, -0.15) is 0 Å². The monoisotopic (exact) mass is 349 g/mol. The van der Waals surface area contributed by atoms with Crippen molar-refractivity contribution in [1.82, 2.24) is 4.98 Å². The van der Waals surface area contributed by atoms with Gasteiger partial charge in [-0.15, -0.1) is 0 Å². The van der Waals surface area contributed by atoms with E-state index in [1.807, 2.05) is 39.8 Å². The van der Waals surface area contributed by atoms with Crippen molar-refractivity contribution >= 4 is 30.1 Å². The lowest BCUT2D eigenvalue weighted by atomic mass is 9.78. The number of carbonyl (C=O) groups excluding carboxylic acids is 1. The number of rotatable bonds is 5. The number of thioether (sulfide) groups is 1. The van der Waals surface area contributed by atoms with Crippen molar-refractivity contribution in [3.8, 4) is 0 Å². The van der Waals surface area contributed by atoms with E-state index >= 15 is 0 Å². The summed E-state index contributed by atoms with van der Waals surface area (Å²) in [5, 5.41) is 9.31. The maximum atomic E-state index is 11.4. The van der Waals surface area contributed by atoms with Gasteiger partial charge < -0.3 is 14.4 Å². The van der Waals surface area contributed by atoms with E-state index in [4.69, 9.17) is 9.31 Å². The number of hydrogen-bond acceptors (Lipinski definition) is 6. The second-order valence-corrected chi connectivity index (χ2v) is 7.99. The first-order valence-electron chi connectivity index (χ1n) is 7.90. The van der Waals surface area contributed by atoms with Gasteiger partial charge in [-0.1, -0.05) is 11.8 Å². The standard InChI is InChI=1S/C17H24BNO4S/c1-12(21)24-11-14(9-15-8-13(10-20)6-7-19-15)18-22-16(2,3)17(4,5)23-18/h6-9,20H,10-11H2,1-5H3. The lowest BCUT2D eigenvalue weighted by Crippen LogP contribution is -2.41. The molecule has 0 aliphatic carbocycles. The van der Waals surface area contributed by atoms with Crippen molar-refractivity contribution in [2.75, 3.05) is 5.75 Å². The summed E-state index contributed by atoms with van der Waals surface area (Å²) in [5.74, 6) is 0.469. The number of pyridine rings is 1. The number of aromatic nitrogens is 1. The Morgan fingerprint density at radius 2 is 1.96 bits per heavy atom. The van der Waals surface area contributed by atoms with Crippen molar-refractivity contribution in [3.63, 3.8) is 0 Å². The molecule has 0 bridgehead atoms. The van der Waals surface area contributed by atoms with Gasteiger partial charge in [0.1, 0.15) is 0 Å². The number of aliphatic hydroxyl groups excluding tert-OH is 1. The van der Waals surface area contributed by atoms with Crippen LogP contribution in [0.2, 0.25) is 0 Å². The largest absolute Gasteiger partial charge is 0.491 e. The van der Waals surface area contributed by atoms with Crippen LogP contribution in [0.15, 0.2) is 23.8 Å². The number of aliphatic hydroxyl groups is 1. The molecule has 1 saturated heterocycles. The SMILES string of the molecule is CC(=O)SCC(=Cc1cc(CO)ccn1)B1OC(C)(C)C(C)(C)O1. The number of carbonyl (C=O) groups is 1. The zero-order chi connectivity index (χ0) is 18.0. The van der Waals surface area contributed by atoms with Crippen LogP contribution in [0.1, 0.15) is 45.9 Å². The number of nitrogens with zero attached hydrogens (tertiary/aromatic N) is 1. The third kappa shape index (κ3) is 4.48. The molecule has 2 heterocycles. The van der Waals surface area contributed by atoms with Crippen molar-refractivity contribution in [2.45, 2.75) is 52.4 Å². The summed E-state index contributed by atoms with van der Waals surface area (Å²) >= 11 is 1.21. The zero-order valence-electron chi connectivity index (χ0n) is 14.8. The summed E-state index contributed by atoms with van der Waals surface area (Å²) in [6.07, 6.45) is 3.52. The Morgan fingerprint density at radius 3 is 2.50 bits per heavy atom. The molecule has 1 aromatic rings. The Morgan fingerprint density at radius 1 is 1.33 bits per heavy atom. The van der Waals surface area contributed by atoms with E-state index in [-0.39, 0.29) is 11.7 Å². The van der Waals surface area contributed by atoms with Crippen LogP contribution in [-0.4, -0.2) is 39.3 Å². The molecule has 5 nitrogen and oxygen atoms in total. The molecule has 2 rings (SSSR count). The molecule has 0 amide bonds. The summed E-state index contributed by atoms with van der Waals surface area (Å²) < 4.78 is 12.2. The smallest absolute Gasteiger partial charge is 0.400 e. The second kappa shape index (κ2) is 7.39. The van der Waals surface area contributed by atoms with Gasteiger partial charge in [-0.05, 0) is 56.9 Å². The fourth-order valence-electron chi connectivity index (χ4n) is 2.22. The molecule has 0 spiro atoms. The van der Waals surface area contributed by atoms with E-state index in [9.17, 15) is 9.90 Å². The molecule has 1 fully saturated rings. The van der Waals surface area contributed by atoms with Crippen LogP contribution in [0.25, 0.3) is 6.08 Å². The first-order chi connectivity index (χ1) is 11.1. The molecular weight excluding hydrogens is 325 g/mol. The average Bonchev–Trinajstić information content (AvgIpc) is 2.71. The summed E-state index contributed by atoms with van der Waals surface area (Å²) in [6.45, 7) is 9.47. The Hall–Kier alpha value is -1.15. The lowest BCUT2D eigenvalue weighted by Gasteiger charge is -2.32. The molecule has 1 aliphatic rings. The molecular formula is C17H24BNO4S. The summed E-state index contributed by atoms with van der Waals surface area (Å²) in [7, 11) is -0.526. The van der Waals surface area contributed by atoms with Gasteiger partial charge in [0.15, 0.2) is 5.12 Å². The highest BCUT2D eigenvalue weighted by atomic mass is 32.2. The van der Waals surface area contributed by atoms with Crippen molar-refractivity contribution in [1.29, 1.82) is 0 Å². The van der Waals surface area contributed by atoms with Gasteiger partial charge in [-0.25, -0.2) is 0 Å². The molecule has 130 valence electrons. The Labute approximate surface area is 148 Å². The van der Waals surface area contributed by atoms with Crippen LogP contribution in [0, 0.1) is 0 Å². The fraction of sp³-hybridized carbons (Fsp3) is 0.529. The predicted octanol–water partition coefficient (Wildman–Crippen LogP) is 2.87. The van der Waals surface area contributed by atoms with E-state index in [1.165, 1.54) is 18.7 Å². The lowest BCUT2D eigenvalue weighted by molar-refractivity contribution is -0.109. The maximum absolute atomic E-state index is 11.4. The molecule has 0 radical (unpaired) electrons. The molecule has 7 heteroatoms. The summed E-state index contributed by atoms with van der Waals surface area (Å²) in [5.41, 5.74) is 1.44. The molecule has 0 atom stereocenters. The van der Waals surface area contributed by atoms with Crippen molar-refractivity contribution < 1.29 is 19.2 Å². The van der Waals surface area contributed by atoms with Crippen LogP contribution in [0.3, 0.4) is 0 Å². The average molecular weight is 349 g/mol. The second-order valence-electron chi connectivity index (χ2n) is 6.83. The summed E-state index contributed by atoms with van der Waals surface area (Å²) in [6, 6.07) is 3.57. The minimum atomic E-state index is -0.526. The maximum Gasteiger partial charge on any atom is 0.491 e. The first kappa shape index (κ1) is 19.2. The topological polar surface area (TPSA) is 68.7 Å². The van der Waals surface area contributed by atoms with Crippen LogP contribution in [-0.2, 0) is 20.7 Å². The van der Waals surface area contributed by atoms with Gasteiger partial charge in [0, 0.05) is 18.9 Å². The Bertz CT molecular complexity index is 629. The third-order valence-corrected chi connectivity index (χ3v) is 5.24. The Balaban J connectivity index is 2.31. The van der Waals surface area contributed by atoms with E-state index in [2.05, 4.69) is 4.98 Å². The predicted molar refractivity (Wildman–Crippen MR) is 97.4 cm³/mol. The van der Waals surface area contributed by atoms with E-state index in [0.29, 0.717) is 11.4 Å². The molecule has 1 aliphatic heterocycles. The third-order valence-electron chi connectivity index (χ3n) is 4.36. The van der Waals surface area contributed by atoms with Crippen LogP contribution >= 0.6 is 11.8 Å². The van der Waals surface area contributed by atoms with Gasteiger partial charge in [0.2, 0.25) is 0 Å². The van der Waals surface area contributed by atoms with Crippen molar-refractivity contribution in [2.24, 2.45) is 0 Å². The molecule has 1 N–H and O–H groups in total. The first-order valence-corrected chi connectivity index (χ1v) is 8.88. The summed E-state index contributed by atoms with van der Waals surface area (Å²) in [4.78, 5) is 15.7. The normalized spacial score (nSPS) is 19.6. The van der Waals surface area contributed by atoms with Crippen molar-refractivity contribution in [3.05, 3.63) is 35.1 Å². The highest BCUT2D eigenvalue weighted by Crippen LogP contribution is 2.39. The highest BCUT2D eigenvalue weighted by molar-refractivity contribution is 8.13. The van der Waals surface area contributed by atoms with Gasteiger partial charge in [0.25, 0.3) is 0 Å². The highest BCUT2D eigenvalue weighted by Gasteiger charge is 2.52. The Kier molecular flexibility index (Phi) is 5.91. The van der Waals surface area contributed by atoms with Crippen LogP contribution in [0.5, 0.6) is 0 Å². The quantitative estimate of drug-likeness (QED) is 0.825. The molecule has 0 aromatic carbocycles. The van der Waals surface area contributed by atoms with E-state index < -0.39 is 18.3 Å². The van der Waals surface area contributed by atoms with E-state index in [1.54, 1.807) is 12.3 Å². The van der Waals surface area contributed by atoms with Gasteiger partial charge in [0.05, 0.1) is 23.5 Å². The van der Waals surface area contributed by atoms with Crippen LogP contribution in [0.4, 0.5) is 0 Å². The zero-order valence-corrected chi connectivity index (χ0v) is 15.6. The van der Waals surface area contributed by atoms with Gasteiger partial charge in [-0.3, -0.25) is 9.78 Å².